The van der Waals surface area contributed by atoms with E-state index in [-0.39, 0.29) is 0 Å². The van der Waals surface area contributed by atoms with Crippen LogP contribution in [0, 0.1) is 6.92 Å². The second-order valence-electron chi connectivity index (χ2n) is 11.5. The number of nitrogens with zero attached hydrogens (tertiary/aromatic N) is 1. The third-order valence-corrected chi connectivity index (χ3v) is 9.14. The lowest BCUT2D eigenvalue weighted by Gasteiger charge is -2.11. The number of furan rings is 1. The predicted molar refractivity (Wildman–Crippen MR) is 186 cm³/mol. The van der Waals surface area contributed by atoms with E-state index in [1.54, 1.807) is 0 Å². The summed E-state index contributed by atoms with van der Waals surface area (Å²) in [5.74, 6) is 0. The van der Waals surface area contributed by atoms with Crippen molar-refractivity contribution in [3.63, 3.8) is 0 Å². The Hall–Kier alpha value is -5.80. The quantitative estimate of drug-likeness (QED) is 0.227. The zero-order valence-electron chi connectivity index (χ0n) is 24.3. The van der Waals surface area contributed by atoms with E-state index in [1.165, 1.54) is 38.5 Å². The Labute approximate surface area is 254 Å². The molecule has 0 fully saturated rings. The molecule has 44 heavy (non-hydrogen) atoms. The second-order valence-corrected chi connectivity index (χ2v) is 11.5. The van der Waals surface area contributed by atoms with Crippen LogP contribution in [-0.4, -0.2) is 9.55 Å². The number of benzene rings is 6. The molecule has 9 rings (SSSR count). The molecule has 0 aliphatic heterocycles. The Morgan fingerprint density at radius 1 is 0.614 bits per heavy atom. The van der Waals surface area contributed by atoms with Crippen LogP contribution in [0.3, 0.4) is 0 Å². The molecule has 0 spiro atoms. The Kier molecular flexibility index (Phi) is 5.26. The molecule has 6 aromatic carbocycles. The van der Waals surface area contributed by atoms with Crippen LogP contribution >= 0.6 is 0 Å². The predicted octanol–water partition coefficient (Wildman–Crippen LogP) is 11.4. The lowest BCUT2D eigenvalue weighted by molar-refractivity contribution is 0.670. The fraction of sp³-hybridized carbons (Fsp3) is 0.0244. The van der Waals surface area contributed by atoms with E-state index >= 15 is 0 Å². The third-order valence-electron chi connectivity index (χ3n) is 9.14. The van der Waals surface area contributed by atoms with Gasteiger partial charge in [-0.1, -0.05) is 91.5 Å². The first kappa shape index (κ1) is 24.8. The van der Waals surface area contributed by atoms with Gasteiger partial charge in [-0.2, -0.15) is 0 Å². The molecule has 0 saturated heterocycles. The highest BCUT2D eigenvalue weighted by atomic mass is 16.3. The number of H-pyrrole nitrogens is 1. The average molecular weight is 565 g/mol. The molecule has 0 saturated carbocycles. The number of para-hydroxylation sites is 3. The van der Waals surface area contributed by atoms with Crippen LogP contribution in [0.4, 0.5) is 0 Å². The Balaban J connectivity index is 1.14. The molecular weight excluding hydrogens is 536 g/mol. The summed E-state index contributed by atoms with van der Waals surface area (Å²) < 4.78 is 8.66. The van der Waals surface area contributed by atoms with Gasteiger partial charge in [-0.3, -0.25) is 0 Å². The third kappa shape index (κ3) is 3.56. The molecule has 0 aliphatic carbocycles. The highest BCUT2D eigenvalue weighted by Gasteiger charge is 2.16. The van der Waals surface area contributed by atoms with Crippen LogP contribution < -0.4 is 0 Å². The van der Waals surface area contributed by atoms with Crippen molar-refractivity contribution in [3.05, 3.63) is 145 Å². The van der Waals surface area contributed by atoms with Crippen molar-refractivity contribution in [3.8, 4) is 27.9 Å². The first-order valence-corrected chi connectivity index (χ1v) is 15.0. The fourth-order valence-corrected chi connectivity index (χ4v) is 7.01. The number of hydrogen-bond acceptors (Lipinski definition) is 1. The molecule has 0 aliphatic rings. The van der Waals surface area contributed by atoms with Crippen molar-refractivity contribution in [2.75, 3.05) is 0 Å². The highest BCUT2D eigenvalue weighted by Crippen LogP contribution is 2.38. The second kappa shape index (κ2) is 9.35. The van der Waals surface area contributed by atoms with Crippen molar-refractivity contribution in [2.24, 2.45) is 0 Å². The van der Waals surface area contributed by atoms with E-state index in [0.717, 1.165) is 55.3 Å². The monoisotopic (exact) mass is 564 g/mol. The number of rotatable bonds is 4. The molecule has 1 N–H and O–H groups in total. The zero-order chi connectivity index (χ0) is 29.4. The van der Waals surface area contributed by atoms with E-state index in [1.807, 2.05) is 18.2 Å². The Morgan fingerprint density at radius 2 is 1.30 bits per heavy atom. The SMILES string of the molecule is C=Cc1c(C)n(-c2ccc(-c3cccc4c3oc3ccccc34)cc2)c2ccc(-c3ccc4[nH]c5ccccc5c4c3)cc12. The molecule has 208 valence electrons. The maximum Gasteiger partial charge on any atom is 0.143 e. The lowest BCUT2D eigenvalue weighted by atomic mass is 10.00. The van der Waals surface area contributed by atoms with Crippen molar-refractivity contribution >= 4 is 60.7 Å². The minimum absolute atomic E-state index is 0.915. The Bertz CT molecular complexity index is 2570. The summed E-state index contributed by atoms with van der Waals surface area (Å²) in [7, 11) is 0. The van der Waals surface area contributed by atoms with E-state index in [4.69, 9.17) is 4.42 Å². The molecule has 9 aromatic rings. The number of nitrogens with one attached hydrogen (secondary N) is 1. The van der Waals surface area contributed by atoms with Crippen LogP contribution in [0.25, 0.3) is 88.7 Å². The highest BCUT2D eigenvalue weighted by molar-refractivity contribution is 6.10. The summed E-state index contributed by atoms with van der Waals surface area (Å²) >= 11 is 0. The van der Waals surface area contributed by atoms with Crippen molar-refractivity contribution in [1.82, 2.24) is 9.55 Å². The number of aromatic amines is 1. The van der Waals surface area contributed by atoms with E-state index in [0.29, 0.717) is 0 Å². The molecule has 3 nitrogen and oxygen atoms in total. The average Bonchev–Trinajstić information content (AvgIpc) is 3.72. The maximum atomic E-state index is 6.32. The summed E-state index contributed by atoms with van der Waals surface area (Å²) in [6.45, 7) is 6.37. The number of aromatic nitrogens is 2. The largest absolute Gasteiger partial charge is 0.455 e. The van der Waals surface area contributed by atoms with Gasteiger partial charge in [-0.25, -0.2) is 0 Å². The first-order chi connectivity index (χ1) is 21.7. The lowest BCUT2D eigenvalue weighted by Crippen LogP contribution is -1.96. The van der Waals surface area contributed by atoms with Gasteiger partial charge in [0.15, 0.2) is 0 Å². The van der Waals surface area contributed by atoms with Gasteiger partial charge in [0.2, 0.25) is 0 Å². The van der Waals surface area contributed by atoms with Crippen LogP contribution in [0.1, 0.15) is 11.3 Å². The van der Waals surface area contributed by atoms with Crippen LogP contribution in [0.5, 0.6) is 0 Å². The smallest absolute Gasteiger partial charge is 0.143 e. The zero-order valence-corrected chi connectivity index (χ0v) is 24.3. The maximum absolute atomic E-state index is 6.32. The van der Waals surface area contributed by atoms with Crippen molar-refractivity contribution in [2.45, 2.75) is 6.92 Å². The summed E-state index contributed by atoms with van der Waals surface area (Å²) in [5.41, 5.74) is 13.4. The Morgan fingerprint density at radius 3 is 2.14 bits per heavy atom. The first-order valence-electron chi connectivity index (χ1n) is 15.0. The van der Waals surface area contributed by atoms with Crippen molar-refractivity contribution in [1.29, 1.82) is 0 Å². The van der Waals surface area contributed by atoms with Gasteiger partial charge in [-0.15, -0.1) is 0 Å². The summed E-state index contributed by atoms with van der Waals surface area (Å²) in [6, 6.07) is 45.4. The van der Waals surface area contributed by atoms with Crippen LogP contribution in [0.15, 0.2) is 138 Å². The fourth-order valence-electron chi connectivity index (χ4n) is 7.01. The van der Waals surface area contributed by atoms with Crippen LogP contribution in [0.2, 0.25) is 0 Å². The van der Waals surface area contributed by atoms with Crippen molar-refractivity contribution < 1.29 is 4.42 Å². The van der Waals surface area contributed by atoms with Gasteiger partial charge in [0.25, 0.3) is 0 Å². The van der Waals surface area contributed by atoms with Gasteiger partial charge in [0, 0.05) is 60.5 Å². The summed E-state index contributed by atoms with van der Waals surface area (Å²) in [5, 5.41) is 5.98. The standard InChI is InChI=1S/C41H28N2O/c1-3-30-25(2)43(29-19-15-26(16-20-29)31-11-8-12-34-33-10-5-7-14-40(33)44-41(31)34)39-22-18-28(24-36(30)39)27-17-21-38-35(23-27)32-9-4-6-13-37(32)42-38/h3-24,42H,1H2,2H3. The van der Waals surface area contributed by atoms with Gasteiger partial charge >= 0.3 is 0 Å². The number of hydrogen-bond donors (Lipinski definition) is 1. The molecular formula is C41H28N2O. The molecule has 3 heterocycles. The molecule has 0 bridgehead atoms. The normalized spacial score (nSPS) is 11.8. The van der Waals surface area contributed by atoms with E-state index in [2.05, 4.69) is 138 Å². The van der Waals surface area contributed by atoms with Gasteiger partial charge in [0.1, 0.15) is 11.2 Å². The topological polar surface area (TPSA) is 33.9 Å². The minimum Gasteiger partial charge on any atom is -0.455 e. The summed E-state index contributed by atoms with van der Waals surface area (Å²) in [4.78, 5) is 3.54. The number of fused-ring (bicyclic) bond motifs is 7. The molecule has 3 aromatic heterocycles. The van der Waals surface area contributed by atoms with E-state index < -0.39 is 0 Å². The molecule has 0 radical (unpaired) electrons. The summed E-state index contributed by atoms with van der Waals surface area (Å²) in [6.07, 6.45) is 1.98. The minimum atomic E-state index is 0.915. The molecule has 3 heteroatoms. The van der Waals surface area contributed by atoms with Gasteiger partial charge < -0.3 is 14.0 Å². The molecule has 0 unspecified atom stereocenters. The molecule has 0 amide bonds. The van der Waals surface area contributed by atoms with E-state index in [9.17, 15) is 0 Å². The van der Waals surface area contributed by atoms with Crippen LogP contribution in [-0.2, 0) is 0 Å². The van der Waals surface area contributed by atoms with Gasteiger partial charge in [-0.05, 0) is 72.1 Å². The van der Waals surface area contributed by atoms with Gasteiger partial charge in [0.05, 0.1) is 5.52 Å². The molecule has 0 atom stereocenters.